The van der Waals surface area contributed by atoms with E-state index in [1.54, 1.807) is 0 Å². The number of unbranched alkanes of at least 4 members (excludes halogenated alkanes) is 3. The van der Waals surface area contributed by atoms with E-state index in [9.17, 15) is 13.2 Å². The number of hydrogen-bond acceptors (Lipinski definition) is 2. The standard InChI is InChI=1S/C13H24F3NO/c14-13(15,16)11-6-5-7-12(10-11)17-8-3-1-2-4-9-18/h11-12,17-18H,1-10H2. The third kappa shape index (κ3) is 6.05. The minimum Gasteiger partial charge on any atom is -0.396 e. The van der Waals surface area contributed by atoms with Crippen molar-refractivity contribution in [3.63, 3.8) is 0 Å². The summed E-state index contributed by atoms with van der Waals surface area (Å²) >= 11 is 0. The van der Waals surface area contributed by atoms with Crippen LogP contribution in [-0.4, -0.2) is 30.5 Å². The molecule has 2 unspecified atom stereocenters. The second-order valence-electron chi connectivity index (χ2n) is 5.19. The maximum atomic E-state index is 12.6. The summed E-state index contributed by atoms with van der Waals surface area (Å²) in [5.74, 6) is -1.11. The van der Waals surface area contributed by atoms with Crippen LogP contribution >= 0.6 is 0 Å². The van der Waals surface area contributed by atoms with Crippen molar-refractivity contribution in [3.05, 3.63) is 0 Å². The lowest BCUT2D eigenvalue weighted by Crippen LogP contribution is -2.39. The first-order valence-corrected chi connectivity index (χ1v) is 6.95. The van der Waals surface area contributed by atoms with Crippen molar-refractivity contribution in [3.8, 4) is 0 Å². The molecule has 0 aromatic rings. The summed E-state index contributed by atoms with van der Waals surface area (Å²) < 4.78 is 37.8. The molecule has 2 atom stereocenters. The number of aliphatic hydroxyl groups excluding tert-OH is 1. The molecule has 0 radical (unpaired) electrons. The van der Waals surface area contributed by atoms with Crippen LogP contribution in [0.5, 0.6) is 0 Å². The second-order valence-corrected chi connectivity index (χ2v) is 5.19. The van der Waals surface area contributed by atoms with Crippen LogP contribution in [0.2, 0.25) is 0 Å². The van der Waals surface area contributed by atoms with Gasteiger partial charge in [-0.25, -0.2) is 0 Å². The van der Waals surface area contributed by atoms with Crippen LogP contribution < -0.4 is 5.32 Å². The van der Waals surface area contributed by atoms with Gasteiger partial charge in [0.25, 0.3) is 0 Å². The van der Waals surface area contributed by atoms with Crippen LogP contribution in [0.3, 0.4) is 0 Å². The van der Waals surface area contributed by atoms with E-state index in [1.165, 1.54) is 0 Å². The van der Waals surface area contributed by atoms with Crippen molar-refractivity contribution in [2.45, 2.75) is 63.6 Å². The maximum absolute atomic E-state index is 12.6. The molecule has 0 heterocycles. The van der Waals surface area contributed by atoms with Gasteiger partial charge in [-0.1, -0.05) is 19.3 Å². The van der Waals surface area contributed by atoms with Crippen molar-refractivity contribution >= 4 is 0 Å². The van der Waals surface area contributed by atoms with Crippen molar-refractivity contribution in [1.29, 1.82) is 0 Å². The van der Waals surface area contributed by atoms with Gasteiger partial charge in [0.1, 0.15) is 0 Å². The molecular weight excluding hydrogens is 243 g/mol. The zero-order valence-electron chi connectivity index (χ0n) is 10.8. The van der Waals surface area contributed by atoms with Crippen LogP contribution in [-0.2, 0) is 0 Å². The smallest absolute Gasteiger partial charge is 0.391 e. The first-order valence-electron chi connectivity index (χ1n) is 6.95. The molecule has 0 aromatic carbocycles. The van der Waals surface area contributed by atoms with E-state index < -0.39 is 12.1 Å². The summed E-state index contributed by atoms with van der Waals surface area (Å²) in [7, 11) is 0. The van der Waals surface area contributed by atoms with E-state index in [1.807, 2.05) is 0 Å². The fourth-order valence-corrected chi connectivity index (χ4v) is 2.57. The Hall–Kier alpha value is -0.290. The van der Waals surface area contributed by atoms with Gasteiger partial charge in [0, 0.05) is 12.6 Å². The summed E-state index contributed by atoms with van der Waals surface area (Å²) in [4.78, 5) is 0. The molecule has 18 heavy (non-hydrogen) atoms. The molecule has 108 valence electrons. The quantitative estimate of drug-likeness (QED) is 0.694. The Morgan fingerprint density at radius 2 is 1.78 bits per heavy atom. The zero-order chi connectivity index (χ0) is 13.4. The van der Waals surface area contributed by atoms with Gasteiger partial charge >= 0.3 is 6.18 Å². The molecule has 0 aliphatic heterocycles. The van der Waals surface area contributed by atoms with E-state index in [0.717, 1.165) is 38.6 Å². The van der Waals surface area contributed by atoms with Gasteiger partial charge in [-0.05, 0) is 38.6 Å². The second kappa shape index (κ2) is 8.00. The molecule has 1 saturated carbocycles. The molecule has 2 nitrogen and oxygen atoms in total. The van der Waals surface area contributed by atoms with Gasteiger partial charge in [-0.3, -0.25) is 0 Å². The molecule has 1 rings (SSSR count). The molecule has 1 aliphatic rings. The Balaban J connectivity index is 2.11. The molecule has 0 aromatic heterocycles. The average molecular weight is 267 g/mol. The highest BCUT2D eigenvalue weighted by Gasteiger charge is 2.41. The van der Waals surface area contributed by atoms with Crippen molar-refractivity contribution in [2.24, 2.45) is 5.92 Å². The van der Waals surface area contributed by atoms with Crippen molar-refractivity contribution in [2.75, 3.05) is 13.2 Å². The highest BCUT2D eigenvalue weighted by Crippen LogP contribution is 2.37. The van der Waals surface area contributed by atoms with Crippen molar-refractivity contribution in [1.82, 2.24) is 5.32 Å². The maximum Gasteiger partial charge on any atom is 0.391 e. The largest absolute Gasteiger partial charge is 0.396 e. The average Bonchev–Trinajstić information content (AvgIpc) is 2.33. The highest BCUT2D eigenvalue weighted by atomic mass is 19.4. The Bertz CT molecular complexity index is 221. The van der Waals surface area contributed by atoms with Crippen molar-refractivity contribution < 1.29 is 18.3 Å². The minimum absolute atomic E-state index is 0.0308. The van der Waals surface area contributed by atoms with E-state index in [2.05, 4.69) is 5.32 Å². The molecule has 0 bridgehead atoms. The van der Waals surface area contributed by atoms with E-state index in [-0.39, 0.29) is 25.5 Å². The van der Waals surface area contributed by atoms with E-state index >= 15 is 0 Å². The molecule has 0 saturated heterocycles. The molecule has 1 fully saturated rings. The van der Waals surface area contributed by atoms with Crippen LogP contribution in [0.25, 0.3) is 0 Å². The van der Waals surface area contributed by atoms with Gasteiger partial charge in [0.2, 0.25) is 0 Å². The first-order chi connectivity index (χ1) is 8.54. The Labute approximate surface area is 107 Å². The van der Waals surface area contributed by atoms with E-state index in [0.29, 0.717) is 6.42 Å². The molecule has 1 aliphatic carbocycles. The topological polar surface area (TPSA) is 32.3 Å². The van der Waals surface area contributed by atoms with Gasteiger partial charge in [-0.2, -0.15) is 13.2 Å². The lowest BCUT2D eigenvalue weighted by molar-refractivity contribution is -0.183. The minimum atomic E-state index is -4.03. The summed E-state index contributed by atoms with van der Waals surface area (Å²) in [6, 6.07) is 0.0308. The number of halogens is 3. The summed E-state index contributed by atoms with van der Waals surface area (Å²) in [6.45, 7) is 1.02. The molecule has 0 amide bonds. The van der Waals surface area contributed by atoms with Crippen LogP contribution in [0, 0.1) is 5.92 Å². The zero-order valence-corrected chi connectivity index (χ0v) is 10.8. The monoisotopic (exact) mass is 267 g/mol. The molecule has 2 N–H and O–H groups in total. The summed E-state index contributed by atoms with van der Waals surface area (Å²) in [5.41, 5.74) is 0. The summed E-state index contributed by atoms with van der Waals surface area (Å²) in [6.07, 6.45) is 1.86. The Kier molecular flexibility index (Phi) is 7.00. The predicted molar refractivity (Wildman–Crippen MR) is 65.4 cm³/mol. The van der Waals surface area contributed by atoms with Gasteiger partial charge in [0.15, 0.2) is 0 Å². The Morgan fingerprint density at radius 1 is 1.06 bits per heavy atom. The van der Waals surface area contributed by atoms with Crippen LogP contribution in [0.15, 0.2) is 0 Å². The SMILES string of the molecule is OCCCCCCNC1CCCC(C(F)(F)F)C1. The molecule has 0 spiro atoms. The molecule has 5 heteroatoms. The highest BCUT2D eigenvalue weighted by molar-refractivity contribution is 4.81. The van der Waals surface area contributed by atoms with E-state index in [4.69, 9.17) is 5.11 Å². The van der Waals surface area contributed by atoms with Gasteiger partial charge in [-0.15, -0.1) is 0 Å². The number of nitrogens with one attached hydrogen (secondary N) is 1. The lowest BCUT2D eigenvalue weighted by atomic mass is 9.85. The van der Waals surface area contributed by atoms with Crippen LogP contribution in [0.1, 0.15) is 51.4 Å². The Morgan fingerprint density at radius 3 is 2.44 bits per heavy atom. The fourth-order valence-electron chi connectivity index (χ4n) is 2.57. The normalized spacial score (nSPS) is 25.3. The molecular formula is C13H24F3NO. The fraction of sp³-hybridized carbons (Fsp3) is 1.00. The number of hydrogen-bond donors (Lipinski definition) is 2. The third-order valence-electron chi connectivity index (χ3n) is 3.66. The third-order valence-corrected chi connectivity index (χ3v) is 3.66. The number of alkyl halides is 3. The van der Waals surface area contributed by atoms with Gasteiger partial charge < -0.3 is 10.4 Å². The summed E-state index contributed by atoms with van der Waals surface area (Å²) in [5, 5.41) is 11.8. The van der Waals surface area contributed by atoms with Crippen LogP contribution in [0.4, 0.5) is 13.2 Å². The van der Waals surface area contributed by atoms with Gasteiger partial charge in [0.05, 0.1) is 5.92 Å². The first kappa shape index (κ1) is 15.8. The lowest BCUT2D eigenvalue weighted by Gasteiger charge is -2.31. The number of rotatable bonds is 7. The predicted octanol–water partition coefficient (Wildman–Crippen LogP) is 3.25. The number of aliphatic hydroxyl groups is 1.